The van der Waals surface area contributed by atoms with Crippen LogP contribution in [0.25, 0.3) is 0 Å². The molecule has 0 aliphatic rings. The molecule has 0 saturated carbocycles. The molecule has 142 valence electrons. The largest absolute Gasteiger partial charge is 0.497 e. The van der Waals surface area contributed by atoms with Gasteiger partial charge in [-0.3, -0.25) is 0 Å². The van der Waals surface area contributed by atoms with E-state index in [-0.39, 0.29) is 13.1 Å². The maximum Gasteiger partial charge on any atom is 0.253 e. The Kier molecular flexibility index (Phi) is 6.15. The normalized spacial score (nSPS) is 11.5. The Labute approximate surface area is 163 Å². The first-order valence-corrected chi connectivity index (χ1v) is 10.6. The zero-order valence-electron chi connectivity index (χ0n) is 15.2. The molecule has 0 N–H and O–H groups in total. The third-order valence-electron chi connectivity index (χ3n) is 4.08. The Morgan fingerprint density at radius 2 is 1.41 bits per heavy atom. The van der Waals surface area contributed by atoms with Crippen molar-refractivity contribution in [2.75, 3.05) is 14.2 Å². The molecule has 7 heteroatoms. The first-order chi connectivity index (χ1) is 13.0. The van der Waals surface area contributed by atoms with Gasteiger partial charge in [0, 0.05) is 13.1 Å². The van der Waals surface area contributed by atoms with Crippen molar-refractivity contribution in [3.05, 3.63) is 77.2 Å². The van der Waals surface area contributed by atoms with Crippen molar-refractivity contribution in [2.24, 2.45) is 0 Å². The zero-order chi connectivity index (χ0) is 19.3. The number of benzene rings is 2. The molecule has 0 radical (unpaired) electrons. The second-order valence-corrected chi connectivity index (χ2v) is 9.02. The lowest BCUT2D eigenvalue weighted by Crippen LogP contribution is -2.29. The van der Waals surface area contributed by atoms with Crippen molar-refractivity contribution in [3.63, 3.8) is 0 Å². The van der Waals surface area contributed by atoms with Gasteiger partial charge in [0.25, 0.3) is 10.0 Å². The molecule has 0 saturated heterocycles. The summed E-state index contributed by atoms with van der Waals surface area (Å²) in [6, 6.07) is 18.2. The van der Waals surface area contributed by atoms with Crippen molar-refractivity contribution in [3.8, 4) is 11.5 Å². The summed E-state index contributed by atoms with van der Waals surface area (Å²) in [6.45, 7) is 0.489. The highest BCUT2D eigenvalue weighted by molar-refractivity contribution is 7.91. The first kappa shape index (κ1) is 19.4. The van der Waals surface area contributed by atoms with Crippen molar-refractivity contribution >= 4 is 21.4 Å². The number of methoxy groups -OCH3 is 2. The molecule has 3 rings (SSSR count). The van der Waals surface area contributed by atoms with Crippen molar-refractivity contribution in [2.45, 2.75) is 17.3 Å². The maximum atomic E-state index is 13.2. The van der Waals surface area contributed by atoms with Crippen molar-refractivity contribution in [1.29, 1.82) is 0 Å². The molecular formula is C20H21NO4S2. The summed E-state index contributed by atoms with van der Waals surface area (Å²) in [5.74, 6) is 1.39. The van der Waals surface area contributed by atoms with Gasteiger partial charge in [-0.05, 0) is 46.8 Å². The number of hydrogen-bond donors (Lipinski definition) is 0. The molecule has 1 aromatic heterocycles. The number of sulfonamides is 1. The highest BCUT2D eigenvalue weighted by Gasteiger charge is 2.26. The van der Waals surface area contributed by atoms with E-state index >= 15 is 0 Å². The van der Waals surface area contributed by atoms with E-state index in [2.05, 4.69) is 0 Å². The quantitative estimate of drug-likeness (QED) is 0.567. The third kappa shape index (κ3) is 4.68. The molecule has 0 atom stereocenters. The van der Waals surface area contributed by atoms with Crippen LogP contribution >= 0.6 is 11.3 Å². The highest BCUT2D eigenvalue weighted by atomic mass is 32.2. The molecule has 0 bridgehead atoms. The van der Waals surface area contributed by atoms with Crippen LogP contribution in [-0.4, -0.2) is 26.9 Å². The van der Waals surface area contributed by atoms with Gasteiger partial charge in [-0.15, -0.1) is 11.3 Å². The fourth-order valence-corrected chi connectivity index (χ4v) is 5.27. The van der Waals surface area contributed by atoms with Crippen LogP contribution in [0, 0.1) is 0 Å². The van der Waals surface area contributed by atoms with E-state index in [4.69, 9.17) is 9.47 Å². The summed E-state index contributed by atoms with van der Waals surface area (Å²) < 4.78 is 38.7. The lowest BCUT2D eigenvalue weighted by Gasteiger charge is -2.22. The Balaban J connectivity index is 1.95. The number of ether oxygens (including phenoxy) is 2. The average Bonchev–Trinajstić information content (AvgIpc) is 3.23. The van der Waals surface area contributed by atoms with Crippen molar-refractivity contribution in [1.82, 2.24) is 4.31 Å². The fourth-order valence-electron chi connectivity index (χ4n) is 2.71. The van der Waals surface area contributed by atoms with Gasteiger partial charge in [0.2, 0.25) is 0 Å². The molecular weight excluding hydrogens is 382 g/mol. The molecule has 0 unspecified atom stereocenters. The molecule has 0 spiro atoms. The van der Waals surface area contributed by atoms with Crippen LogP contribution in [0.1, 0.15) is 11.1 Å². The zero-order valence-corrected chi connectivity index (χ0v) is 16.8. The number of hydrogen-bond acceptors (Lipinski definition) is 5. The summed E-state index contributed by atoms with van der Waals surface area (Å²) in [5, 5.41) is 1.77. The monoisotopic (exact) mass is 403 g/mol. The minimum atomic E-state index is -3.62. The molecule has 2 aromatic carbocycles. The Morgan fingerprint density at radius 1 is 0.852 bits per heavy atom. The lowest BCUT2D eigenvalue weighted by atomic mass is 10.2. The predicted octanol–water partition coefficient (Wildman–Crippen LogP) is 4.16. The van der Waals surface area contributed by atoms with Crippen LogP contribution in [0.3, 0.4) is 0 Å². The van der Waals surface area contributed by atoms with Gasteiger partial charge in [-0.2, -0.15) is 4.31 Å². The summed E-state index contributed by atoms with van der Waals surface area (Å²) in [5.41, 5.74) is 1.72. The fraction of sp³-hybridized carbons (Fsp3) is 0.200. The minimum absolute atomic E-state index is 0.245. The Morgan fingerprint density at radius 3 is 1.85 bits per heavy atom. The molecule has 3 aromatic rings. The van der Waals surface area contributed by atoms with Crippen LogP contribution in [0.4, 0.5) is 0 Å². The van der Waals surface area contributed by atoms with Gasteiger partial charge in [-0.25, -0.2) is 8.42 Å². The molecule has 0 aliphatic carbocycles. The molecule has 1 heterocycles. The molecule has 0 amide bonds. The minimum Gasteiger partial charge on any atom is -0.497 e. The average molecular weight is 404 g/mol. The second kappa shape index (κ2) is 8.56. The predicted molar refractivity (Wildman–Crippen MR) is 107 cm³/mol. The summed E-state index contributed by atoms with van der Waals surface area (Å²) in [6.07, 6.45) is 0. The number of thiophene rings is 1. The third-order valence-corrected chi connectivity index (χ3v) is 7.24. The van der Waals surface area contributed by atoms with Gasteiger partial charge in [0.1, 0.15) is 15.7 Å². The molecule has 5 nitrogen and oxygen atoms in total. The van der Waals surface area contributed by atoms with E-state index in [1.807, 2.05) is 48.5 Å². The SMILES string of the molecule is COc1cccc(CN(Cc2cccc(OC)c2)S(=O)(=O)c2cccs2)c1. The topological polar surface area (TPSA) is 55.8 Å². The summed E-state index contributed by atoms with van der Waals surface area (Å²) >= 11 is 1.22. The Hall–Kier alpha value is -2.35. The van der Waals surface area contributed by atoms with E-state index in [1.165, 1.54) is 15.6 Å². The van der Waals surface area contributed by atoms with Gasteiger partial charge >= 0.3 is 0 Å². The number of nitrogens with zero attached hydrogens (tertiary/aromatic N) is 1. The van der Waals surface area contributed by atoms with Gasteiger partial charge in [0.15, 0.2) is 0 Å². The van der Waals surface area contributed by atoms with Crippen molar-refractivity contribution < 1.29 is 17.9 Å². The molecule has 27 heavy (non-hydrogen) atoms. The highest BCUT2D eigenvalue weighted by Crippen LogP contribution is 2.26. The number of rotatable bonds is 8. The van der Waals surface area contributed by atoms with Crippen LogP contribution in [0.2, 0.25) is 0 Å². The summed E-state index contributed by atoms with van der Waals surface area (Å²) in [7, 11) is -0.437. The smallest absolute Gasteiger partial charge is 0.253 e. The van der Waals surface area contributed by atoms with Crippen LogP contribution in [0.15, 0.2) is 70.3 Å². The van der Waals surface area contributed by atoms with Crippen LogP contribution < -0.4 is 9.47 Å². The van der Waals surface area contributed by atoms with Gasteiger partial charge in [0.05, 0.1) is 14.2 Å². The van der Waals surface area contributed by atoms with E-state index in [9.17, 15) is 8.42 Å². The van der Waals surface area contributed by atoms with E-state index < -0.39 is 10.0 Å². The maximum absolute atomic E-state index is 13.2. The standard InChI is InChI=1S/C20H21NO4S2/c1-24-18-8-3-6-16(12-18)14-21(27(22,23)20-10-5-11-26-20)15-17-7-4-9-19(13-17)25-2/h3-13H,14-15H2,1-2H3. The summed E-state index contributed by atoms with van der Waals surface area (Å²) in [4.78, 5) is 0. The Bertz CT molecular complexity index is 935. The molecule has 0 fully saturated rings. The van der Waals surface area contributed by atoms with Crippen LogP contribution in [0.5, 0.6) is 11.5 Å². The van der Waals surface area contributed by atoms with Gasteiger partial charge < -0.3 is 9.47 Å². The van der Waals surface area contributed by atoms with E-state index in [0.717, 1.165) is 11.1 Å². The van der Waals surface area contributed by atoms with Crippen LogP contribution in [-0.2, 0) is 23.1 Å². The first-order valence-electron chi connectivity index (χ1n) is 8.32. The molecule has 0 aliphatic heterocycles. The van der Waals surface area contributed by atoms with Gasteiger partial charge in [-0.1, -0.05) is 30.3 Å². The van der Waals surface area contributed by atoms with E-state index in [1.54, 1.807) is 31.7 Å². The second-order valence-electron chi connectivity index (χ2n) is 5.91. The lowest BCUT2D eigenvalue weighted by molar-refractivity contribution is 0.392. The van der Waals surface area contributed by atoms with E-state index in [0.29, 0.717) is 15.7 Å².